The van der Waals surface area contributed by atoms with Crippen molar-refractivity contribution >= 4 is 47.6 Å². The molecule has 0 aliphatic carbocycles. The lowest BCUT2D eigenvalue weighted by molar-refractivity contribution is 0.298. The molecule has 1 N–H and O–H groups in total. The van der Waals surface area contributed by atoms with Crippen LogP contribution in [0.3, 0.4) is 0 Å². The summed E-state index contributed by atoms with van der Waals surface area (Å²) in [5.41, 5.74) is 2.02. The van der Waals surface area contributed by atoms with Crippen LogP contribution in [0.5, 0.6) is 0 Å². The SMILES string of the molecule is C=C/C=C(\C)S(=O)(=O)c1ccc2nc(-c3cc4ccccc4n3S(=O)(=O)c3ccccc3)c(NCCCCN(CC)CC)nc2c1. The monoisotopic (exact) mass is 657 g/mol. The topological polar surface area (TPSA) is 114 Å². The summed E-state index contributed by atoms with van der Waals surface area (Å²) in [6.45, 7) is 12.9. The van der Waals surface area contributed by atoms with Gasteiger partial charge in [0, 0.05) is 16.8 Å². The lowest BCUT2D eigenvalue weighted by Crippen LogP contribution is -2.24. The molecule has 0 saturated carbocycles. The van der Waals surface area contributed by atoms with Gasteiger partial charge in [-0.3, -0.25) is 0 Å². The normalized spacial score (nSPS) is 12.7. The van der Waals surface area contributed by atoms with E-state index in [1.165, 1.54) is 35.2 Å². The van der Waals surface area contributed by atoms with E-state index in [0.717, 1.165) is 37.9 Å². The van der Waals surface area contributed by atoms with Crippen LogP contribution in [-0.4, -0.2) is 61.9 Å². The van der Waals surface area contributed by atoms with Crippen molar-refractivity contribution in [1.29, 1.82) is 0 Å². The zero-order valence-electron chi connectivity index (χ0n) is 26.3. The number of unbranched alkanes of at least 4 members (excludes halogenated alkanes) is 1. The average Bonchev–Trinajstić information content (AvgIpc) is 3.46. The summed E-state index contributed by atoms with van der Waals surface area (Å²) in [6.07, 6.45) is 4.70. The smallest absolute Gasteiger partial charge is 0.268 e. The van der Waals surface area contributed by atoms with Crippen LogP contribution in [0.15, 0.2) is 112 Å². The fourth-order valence-electron chi connectivity index (χ4n) is 5.40. The Labute approximate surface area is 271 Å². The van der Waals surface area contributed by atoms with Crippen LogP contribution >= 0.6 is 0 Å². The molecule has 5 aromatic rings. The average molecular weight is 658 g/mol. The Morgan fingerprint density at radius 2 is 1.59 bits per heavy atom. The Morgan fingerprint density at radius 3 is 2.30 bits per heavy atom. The molecule has 0 bridgehead atoms. The third kappa shape index (κ3) is 6.62. The Balaban J connectivity index is 1.67. The van der Waals surface area contributed by atoms with Crippen molar-refractivity contribution in [1.82, 2.24) is 18.8 Å². The minimum absolute atomic E-state index is 0.0867. The Morgan fingerprint density at radius 1 is 0.870 bits per heavy atom. The van der Waals surface area contributed by atoms with E-state index in [1.54, 1.807) is 54.6 Å². The quantitative estimate of drug-likeness (QED) is 0.102. The number of sulfone groups is 1. The number of nitrogens with one attached hydrogen (secondary N) is 1. The highest BCUT2D eigenvalue weighted by atomic mass is 32.2. The molecule has 2 heterocycles. The van der Waals surface area contributed by atoms with E-state index in [0.29, 0.717) is 40.3 Å². The zero-order valence-corrected chi connectivity index (χ0v) is 28.0. The third-order valence-corrected chi connectivity index (χ3v) is 11.6. The van der Waals surface area contributed by atoms with Crippen molar-refractivity contribution in [2.45, 2.75) is 43.4 Å². The Kier molecular flexibility index (Phi) is 10.0. The number of rotatable bonds is 14. The van der Waals surface area contributed by atoms with Crippen LogP contribution in [0.1, 0.15) is 33.6 Å². The van der Waals surface area contributed by atoms with E-state index in [9.17, 15) is 16.8 Å². The van der Waals surface area contributed by atoms with Gasteiger partial charge in [-0.25, -0.2) is 30.8 Å². The zero-order chi connectivity index (χ0) is 32.9. The second-order valence-electron chi connectivity index (χ2n) is 10.9. The molecule has 5 rings (SSSR count). The minimum atomic E-state index is -4.03. The second kappa shape index (κ2) is 14.0. The summed E-state index contributed by atoms with van der Waals surface area (Å²) >= 11 is 0. The molecule has 0 radical (unpaired) electrons. The summed E-state index contributed by atoms with van der Waals surface area (Å²) in [7, 11) is -7.80. The maximum Gasteiger partial charge on any atom is 0.268 e. The van der Waals surface area contributed by atoms with Gasteiger partial charge in [0.2, 0.25) is 9.84 Å². The first kappa shape index (κ1) is 33.1. The summed E-state index contributed by atoms with van der Waals surface area (Å²) in [4.78, 5) is 12.5. The summed E-state index contributed by atoms with van der Waals surface area (Å²) < 4.78 is 56.1. The summed E-state index contributed by atoms with van der Waals surface area (Å²) in [5.74, 6) is 0.371. The van der Waals surface area contributed by atoms with Crippen LogP contribution in [0.25, 0.3) is 33.3 Å². The van der Waals surface area contributed by atoms with Crippen molar-refractivity contribution in [3.63, 3.8) is 0 Å². The van der Waals surface area contributed by atoms with Gasteiger partial charge in [0.1, 0.15) is 5.69 Å². The van der Waals surface area contributed by atoms with Crippen molar-refractivity contribution in [2.24, 2.45) is 0 Å². The van der Waals surface area contributed by atoms with E-state index in [2.05, 4.69) is 30.6 Å². The molecule has 0 atom stereocenters. The van der Waals surface area contributed by atoms with E-state index < -0.39 is 19.9 Å². The Hall–Kier alpha value is -4.32. The van der Waals surface area contributed by atoms with Crippen LogP contribution in [0.2, 0.25) is 0 Å². The molecule has 0 aliphatic rings. The highest BCUT2D eigenvalue weighted by Crippen LogP contribution is 2.36. The number of hydrogen-bond acceptors (Lipinski definition) is 8. The molecule has 2 aromatic heterocycles. The number of para-hydroxylation sites is 1. The number of aromatic nitrogens is 3. The van der Waals surface area contributed by atoms with Gasteiger partial charge in [-0.15, -0.1) is 0 Å². The predicted molar refractivity (Wildman–Crippen MR) is 186 cm³/mol. The molecule has 240 valence electrons. The number of hydrogen-bond donors (Lipinski definition) is 1. The van der Waals surface area contributed by atoms with E-state index in [-0.39, 0.29) is 14.7 Å². The Bertz CT molecular complexity index is 2120. The van der Waals surface area contributed by atoms with Gasteiger partial charge in [-0.1, -0.05) is 62.9 Å². The molecule has 46 heavy (non-hydrogen) atoms. The minimum Gasteiger partial charge on any atom is -0.368 e. The molecule has 9 nitrogen and oxygen atoms in total. The van der Waals surface area contributed by atoms with Crippen molar-refractivity contribution in [3.8, 4) is 11.4 Å². The fraction of sp³-hybridized carbons (Fsp3) is 0.257. The molecule has 11 heteroatoms. The number of benzene rings is 3. The molecule has 0 spiro atoms. The summed E-state index contributed by atoms with van der Waals surface area (Å²) in [6, 6.07) is 22.0. The molecule has 0 saturated heterocycles. The van der Waals surface area contributed by atoms with Gasteiger partial charge in [-0.05, 0) is 87.9 Å². The standard InChI is InChI=1S/C35H39N5O4S2/c1-5-15-26(4)45(41,42)29-20-21-30-31(25-29)38-35(36-22-13-14-23-39(6-2)7-3)34(37-30)33-24-27-16-11-12-19-32(27)40(33)46(43,44)28-17-9-8-10-18-28/h5,8-12,15-21,24-25H,1,6-7,13-14,22-23H2,2-4H3,(H,36,38)/b26-15+. The van der Waals surface area contributed by atoms with E-state index >= 15 is 0 Å². The summed E-state index contributed by atoms with van der Waals surface area (Å²) in [5, 5.41) is 4.13. The van der Waals surface area contributed by atoms with E-state index in [4.69, 9.17) is 9.97 Å². The van der Waals surface area contributed by atoms with E-state index in [1.807, 2.05) is 12.1 Å². The second-order valence-corrected chi connectivity index (χ2v) is 14.8. The number of allylic oxidation sites excluding steroid dienone is 3. The van der Waals surface area contributed by atoms with Crippen LogP contribution in [-0.2, 0) is 19.9 Å². The largest absolute Gasteiger partial charge is 0.368 e. The fourth-order valence-corrected chi connectivity index (χ4v) is 8.10. The van der Waals surface area contributed by atoms with Gasteiger partial charge in [-0.2, -0.15) is 0 Å². The molecule has 0 aliphatic heterocycles. The number of nitrogens with zero attached hydrogens (tertiary/aromatic N) is 4. The van der Waals surface area contributed by atoms with Gasteiger partial charge in [0.05, 0.1) is 32.0 Å². The number of fused-ring (bicyclic) bond motifs is 2. The van der Waals surface area contributed by atoms with Crippen LogP contribution < -0.4 is 5.32 Å². The molecule has 0 unspecified atom stereocenters. The predicted octanol–water partition coefficient (Wildman–Crippen LogP) is 6.89. The molecule has 0 amide bonds. The van der Waals surface area contributed by atoms with Crippen molar-refractivity contribution < 1.29 is 16.8 Å². The number of anilines is 1. The van der Waals surface area contributed by atoms with Gasteiger partial charge >= 0.3 is 0 Å². The van der Waals surface area contributed by atoms with Crippen LogP contribution in [0, 0.1) is 0 Å². The highest BCUT2D eigenvalue weighted by Gasteiger charge is 2.27. The third-order valence-electron chi connectivity index (χ3n) is 8.00. The maximum absolute atomic E-state index is 14.2. The van der Waals surface area contributed by atoms with Gasteiger partial charge in [0.15, 0.2) is 5.82 Å². The first-order valence-electron chi connectivity index (χ1n) is 15.4. The lowest BCUT2D eigenvalue weighted by atomic mass is 10.2. The highest BCUT2D eigenvalue weighted by molar-refractivity contribution is 7.95. The van der Waals surface area contributed by atoms with Crippen molar-refractivity contribution in [2.75, 3.05) is 31.5 Å². The van der Waals surface area contributed by atoms with Gasteiger partial charge in [0.25, 0.3) is 10.0 Å². The molecular formula is C35H39N5O4S2. The first-order valence-corrected chi connectivity index (χ1v) is 18.3. The molecular weight excluding hydrogens is 619 g/mol. The van der Waals surface area contributed by atoms with Gasteiger partial charge < -0.3 is 10.2 Å². The first-order chi connectivity index (χ1) is 22.1. The molecule has 0 fully saturated rings. The maximum atomic E-state index is 14.2. The lowest BCUT2D eigenvalue weighted by Gasteiger charge is -2.18. The van der Waals surface area contributed by atoms with Crippen LogP contribution in [0.4, 0.5) is 5.82 Å². The molecule has 3 aromatic carbocycles. The van der Waals surface area contributed by atoms with Crippen molar-refractivity contribution in [3.05, 3.63) is 102 Å².